The van der Waals surface area contributed by atoms with Crippen molar-refractivity contribution in [2.24, 2.45) is 0 Å². The summed E-state index contributed by atoms with van der Waals surface area (Å²) in [5.74, 6) is 0.153. The number of piperazine rings is 1. The molecular formula is C19H27N7O3. The largest absolute Gasteiger partial charge is 0.368 e. The summed E-state index contributed by atoms with van der Waals surface area (Å²) in [6.07, 6.45) is 0. The molecule has 0 aliphatic carbocycles. The van der Waals surface area contributed by atoms with E-state index in [2.05, 4.69) is 35.9 Å². The highest BCUT2D eigenvalue weighted by Crippen LogP contribution is 2.21. The van der Waals surface area contributed by atoms with Crippen LogP contribution in [0.15, 0.2) is 22.7 Å². The molecule has 3 rings (SSSR count). The van der Waals surface area contributed by atoms with Crippen LogP contribution in [0.4, 0.5) is 16.4 Å². The number of anilines is 2. The van der Waals surface area contributed by atoms with Crippen molar-refractivity contribution in [1.29, 1.82) is 0 Å². The van der Waals surface area contributed by atoms with Crippen molar-refractivity contribution in [1.82, 2.24) is 25.7 Å². The van der Waals surface area contributed by atoms with E-state index in [-0.39, 0.29) is 11.9 Å². The van der Waals surface area contributed by atoms with Gasteiger partial charge in [-0.3, -0.25) is 15.0 Å². The highest BCUT2D eigenvalue weighted by Gasteiger charge is 2.21. The maximum atomic E-state index is 11.7. The van der Waals surface area contributed by atoms with Gasteiger partial charge < -0.3 is 20.1 Å². The minimum atomic E-state index is -0.310. The molecule has 2 aromatic rings. The molecule has 1 saturated heterocycles. The zero-order chi connectivity index (χ0) is 20.8. The minimum absolute atomic E-state index is 0.182. The third kappa shape index (κ3) is 5.23. The zero-order valence-corrected chi connectivity index (χ0v) is 17.0. The first-order valence-electron chi connectivity index (χ1n) is 9.67. The summed E-state index contributed by atoms with van der Waals surface area (Å²) in [4.78, 5) is 32.2. The Morgan fingerprint density at radius 2 is 1.97 bits per heavy atom. The van der Waals surface area contributed by atoms with E-state index in [9.17, 15) is 9.59 Å². The van der Waals surface area contributed by atoms with Crippen LogP contribution >= 0.6 is 0 Å². The van der Waals surface area contributed by atoms with E-state index in [1.807, 2.05) is 19.9 Å². The molecule has 0 radical (unpaired) electrons. The second-order valence-corrected chi connectivity index (χ2v) is 6.81. The molecule has 3 N–H and O–H groups in total. The van der Waals surface area contributed by atoms with Gasteiger partial charge in [0.25, 0.3) is 5.91 Å². The van der Waals surface area contributed by atoms with Crippen LogP contribution in [0.3, 0.4) is 0 Å². The predicted molar refractivity (Wildman–Crippen MR) is 109 cm³/mol. The van der Waals surface area contributed by atoms with E-state index in [0.717, 1.165) is 43.3 Å². The van der Waals surface area contributed by atoms with E-state index in [0.29, 0.717) is 24.7 Å². The lowest BCUT2D eigenvalue weighted by atomic mass is 10.2. The summed E-state index contributed by atoms with van der Waals surface area (Å²) in [5.41, 5.74) is 3.10. The summed E-state index contributed by atoms with van der Waals surface area (Å²) < 4.78 is 5.17. The lowest BCUT2D eigenvalue weighted by molar-refractivity contribution is 0.0958. The van der Waals surface area contributed by atoms with Crippen molar-refractivity contribution in [3.8, 4) is 0 Å². The van der Waals surface area contributed by atoms with Crippen molar-refractivity contribution in [3.63, 3.8) is 0 Å². The molecule has 2 aromatic heterocycles. The summed E-state index contributed by atoms with van der Waals surface area (Å²) in [6.45, 7) is 8.39. The van der Waals surface area contributed by atoms with Gasteiger partial charge in [-0.05, 0) is 26.0 Å². The van der Waals surface area contributed by atoms with Crippen molar-refractivity contribution < 1.29 is 14.1 Å². The highest BCUT2D eigenvalue weighted by atomic mass is 16.5. The molecule has 0 unspecified atom stereocenters. The highest BCUT2D eigenvalue weighted by molar-refractivity contribution is 5.92. The van der Waals surface area contributed by atoms with Gasteiger partial charge in [0.15, 0.2) is 0 Å². The van der Waals surface area contributed by atoms with Crippen molar-refractivity contribution in [3.05, 3.63) is 35.3 Å². The smallest absolute Gasteiger partial charge is 0.321 e. The molecule has 3 heterocycles. The minimum Gasteiger partial charge on any atom is -0.368 e. The van der Waals surface area contributed by atoms with Gasteiger partial charge in [-0.2, -0.15) is 0 Å². The standard InChI is InChI=1S/C19H27N7O3/c1-4-21-19(28)23-17-11-14(24-29-17)12-25-7-9-26(10-8-25)16-6-5-15(18(27)20-3)22-13(16)2/h5-6,11H,4,7-10,12H2,1-3H3,(H,20,27)(H2,21,23,28). The molecule has 156 valence electrons. The number of hydrogen-bond donors (Lipinski definition) is 3. The Morgan fingerprint density at radius 3 is 2.62 bits per heavy atom. The van der Waals surface area contributed by atoms with Gasteiger partial charge in [0, 0.05) is 52.4 Å². The summed E-state index contributed by atoms with van der Waals surface area (Å²) >= 11 is 0. The molecule has 3 amide bonds. The normalized spacial score (nSPS) is 14.5. The number of pyridine rings is 1. The van der Waals surface area contributed by atoms with Gasteiger partial charge in [-0.15, -0.1) is 0 Å². The van der Waals surface area contributed by atoms with Crippen LogP contribution in [0.25, 0.3) is 0 Å². The first-order valence-corrected chi connectivity index (χ1v) is 9.67. The molecular weight excluding hydrogens is 374 g/mol. The monoisotopic (exact) mass is 401 g/mol. The first-order chi connectivity index (χ1) is 14.0. The number of hydrogen-bond acceptors (Lipinski definition) is 7. The molecule has 10 heteroatoms. The molecule has 0 bridgehead atoms. The van der Waals surface area contributed by atoms with Gasteiger partial charge in [-0.1, -0.05) is 5.16 Å². The molecule has 29 heavy (non-hydrogen) atoms. The first kappa shape index (κ1) is 20.6. The van der Waals surface area contributed by atoms with Crippen LogP contribution in [0.1, 0.15) is 28.8 Å². The fourth-order valence-corrected chi connectivity index (χ4v) is 3.28. The fraction of sp³-hybridized carbons (Fsp3) is 0.474. The van der Waals surface area contributed by atoms with Crippen molar-refractivity contribution in [2.75, 3.05) is 50.0 Å². The van der Waals surface area contributed by atoms with Crippen LogP contribution < -0.4 is 20.9 Å². The molecule has 0 saturated carbocycles. The molecule has 1 aliphatic rings. The van der Waals surface area contributed by atoms with Crippen LogP contribution in [0.5, 0.6) is 0 Å². The van der Waals surface area contributed by atoms with Gasteiger partial charge >= 0.3 is 6.03 Å². The van der Waals surface area contributed by atoms with E-state index in [4.69, 9.17) is 4.52 Å². The third-order valence-corrected chi connectivity index (χ3v) is 4.75. The Kier molecular flexibility index (Phi) is 6.65. The van der Waals surface area contributed by atoms with E-state index in [1.165, 1.54) is 0 Å². The second-order valence-electron chi connectivity index (χ2n) is 6.81. The Bertz CT molecular complexity index is 859. The van der Waals surface area contributed by atoms with Gasteiger partial charge in [-0.25, -0.2) is 9.78 Å². The quantitative estimate of drug-likeness (QED) is 0.666. The van der Waals surface area contributed by atoms with Gasteiger partial charge in [0.05, 0.1) is 17.1 Å². The number of aromatic nitrogens is 2. The zero-order valence-electron chi connectivity index (χ0n) is 17.0. The number of amides is 3. The maximum Gasteiger partial charge on any atom is 0.321 e. The van der Waals surface area contributed by atoms with Crippen LogP contribution in [0, 0.1) is 6.92 Å². The van der Waals surface area contributed by atoms with Crippen LogP contribution in [0.2, 0.25) is 0 Å². The molecule has 1 aliphatic heterocycles. The lowest BCUT2D eigenvalue weighted by Crippen LogP contribution is -2.46. The Balaban J connectivity index is 1.53. The summed E-state index contributed by atoms with van der Waals surface area (Å²) in [7, 11) is 1.60. The molecule has 0 spiro atoms. The Hall–Kier alpha value is -3.14. The van der Waals surface area contributed by atoms with Gasteiger partial charge in [0.2, 0.25) is 5.88 Å². The number of urea groups is 1. The fourth-order valence-electron chi connectivity index (χ4n) is 3.28. The second kappa shape index (κ2) is 9.37. The Morgan fingerprint density at radius 1 is 1.21 bits per heavy atom. The molecule has 10 nitrogen and oxygen atoms in total. The number of carbonyl (C=O) groups excluding carboxylic acids is 2. The summed E-state index contributed by atoms with van der Waals surface area (Å²) in [5, 5.41) is 11.9. The molecule has 0 atom stereocenters. The van der Waals surface area contributed by atoms with E-state index >= 15 is 0 Å². The molecule has 1 fully saturated rings. The van der Waals surface area contributed by atoms with E-state index < -0.39 is 0 Å². The Labute approximate surface area is 169 Å². The number of aryl methyl sites for hydroxylation is 1. The van der Waals surface area contributed by atoms with Gasteiger partial charge in [0.1, 0.15) is 5.69 Å². The van der Waals surface area contributed by atoms with Crippen LogP contribution in [-0.2, 0) is 6.54 Å². The van der Waals surface area contributed by atoms with Crippen molar-refractivity contribution >= 4 is 23.5 Å². The maximum absolute atomic E-state index is 11.7. The van der Waals surface area contributed by atoms with E-state index in [1.54, 1.807) is 19.2 Å². The van der Waals surface area contributed by atoms with Crippen LogP contribution in [-0.4, -0.2) is 66.8 Å². The third-order valence-electron chi connectivity index (χ3n) is 4.75. The average molecular weight is 401 g/mol. The SMILES string of the molecule is CCNC(=O)Nc1cc(CN2CCN(c3ccc(C(=O)NC)nc3C)CC2)no1. The molecule has 0 aromatic carbocycles. The van der Waals surface area contributed by atoms with Crippen molar-refractivity contribution in [2.45, 2.75) is 20.4 Å². The average Bonchev–Trinajstić information content (AvgIpc) is 3.14. The lowest BCUT2D eigenvalue weighted by Gasteiger charge is -2.36. The number of nitrogens with zero attached hydrogens (tertiary/aromatic N) is 4. The number of carbonyl (C=O) groups is 2. The summed E-state index contributed by atoms with van der Waals surface area (Å²) in [6, 6.07) is 5.15. The topological polar surface area (TPSA) is 116 Å². The predicted octanol–water partition coefficient (Wildman–Crippen LogP) is 1.20. The number of nitrogens with one attached hydrogen (secondary N) is 3. The number of rotatable bonds is 6.